The summed E-state index contributed by atoms with van der Waals surface area (Å²) in [6, 6.07) is 52.7. The molecule has 5 amide bonds. The molecule has 7 aromatic carbocycles. The molecule has 0 aliphatic rings. The summed E-state index contributed by atoms with van der Waals surface area (Å²) >= 11 is 5.03. The second-order valence-electron chi connectivity index (χ2n) is 21.4. The third-order valence-electron chi connectivity index (χ3n) is 14.1. The number of hydrogen-bond donors (Lipinski definition) is 5. The first-order valence-corrected chi connectivity index (χ1v) is 30.0. The van der Waals surface area contributed by atoms with Gasteiger partial charge in [0.2, 0.25) is 23.6 Å². The second kappa shape index (κ2) is 26.5. The first-order chi connectivity index (χ1) is 40.2. The molecular weight excluding hydrogens is 1100 g/mol. The molecule has 83 heavy (non-hydrogen) atoms. The van der Waals surface area contributed by atoms with E-state index in [9.17, 15) is 24.0 Å². The summed E-state index contributed by atoms with van der Waals surface area (Å²) in [4.78, 5) is 87.8. The van der Waals surface area contributed by atoms with Gasteiger partial charge in [-0.05, 0) is 90.4 Å². The number of amides is 5. The van der Waals surface area contributed by atoms with E-state index in [0.717, 1.165) is 37.2 Å². The maximum Gasteiger partial charge on any atom is 0.408 e. The summed E-state index contributed by atoms with van der Waals surface area (Å²) in [6.07, 6.45) is -0.561. The number of benzene rings is 7. The molecule has 0 aliphatic heterocycles. The number of hydrogen-bond acceptors (Lipinski definition) is 11. The van der Waals surface area contributed by atoms with Crippen LogP contribution in [0.4, 0.5) is 4.79 Å². The molecule has 0 saturated heterocycles. The van der Waals surface area contributed by atoms with Crippen molar-refractivity contribution in [2.45, 2.75) is 95.3 Å². The number of nitrogens with one attached hydrogen (secondary N) is 5. The monoisotopic (exact) mass is 1160 g/mol. The van der Waals surface area contributed by atoms with Crippen molar-refractivity contribution >= 4 is 110 Å². The highest BCUT2D eigenvalue weighted by Gasteiger charge is 2.34. The second-order valence-corrected chi connectivity index (χ2v) is 24.6. The zero-order valence-corrected chi connectivity index (χ0v) is 48.5. The third-order valence-corrected chi connectivity index (χ3v) is 17.1. The van der Waals surface area contributed by atoms with Crippen LogP contribution in [0.15, 0.2) is 193 Å². The van der Waals surface area contributed by atoms with Crippen LogP contribution >= 0.6 is 34.0 Å². The SMILES string of the molecule is CC(C)(C)OC(=O)NC(Cc1ccccc1)C(=O)NC(Cc1ccccc1)C(=O)NC(Cc1ccccc1)C(=O)NC(Cc1ccccc1)C(=O)NC(Cc1ccccc1)C(=O)OCc1cc2c(ccc3sc4ccc5sccc5c4c32)s1. The van der Waals surface area contributed by atoms with Crippen molar-refractivity contribution in [2.75, 3.05) is 0 Å². The van der Waals surface area contributed by atoms with Gasteiger partial charge in [-0.1, -0.05) is 152 Å². The molecule has 0 fully saturated rings. The minimum Gasteiger partial charge on any atom is -0.458 e. The first-order valence-electron chi connectivity index (χ1n) is 27.5. The Hall–Kier alpha value is -8.70. The summed E-state index contributed by atoms with van der Waals surface area (Å²) in [7, 11) is 0. The fourth-order valence-electron chi connectivity index (χ4n) is 10.1. The smallest absolute Gasteiger partial charge is 0.408 e. The van der Waals surface area contributed by atoms with Crippen LogP contribution < -0.4 is 26.6 Å². The van der Waals surface area contributed by atoms with Crippen LogP contribution in [-0.2, 0) is 72.2 Å². The number of carbonyl (C=O) groups excluding carboxylic acids is 6. The quantitative estimate of drug-likeness (QED) is 0.0416. The molecule has 10 aromatic rings. The lowest BCUT2D eigenvalue weighted by atomic mass is 10.00. The highest BCUT2D eigenvalue weighted by Crippen LogP contribution is 2.44. The van der Waals surface area contributed by atoms with Gasteiger partial charge in [0.15, 0.2) is 0 Å². The van der Waals surface area contributed by atoms with Gasteiger partial charge in [0, 0.05) is 77.3 Å². The number of alkyl carbamates (subject to hydrolysis) is 1. The molecule has 16 heteroatoms. The molecule has 0 bridgehead atoms. The molecule has 0 aliphatic carbocycles. The average molecular weight is 1160 g/mol. The van der Waals surface area contributed by atoms with E-state index in [4.69, 9.17) is 9.47 Å². The van der Waals surface area contributed by atoms with Crippen molar-refractivity contribution in [3.8, 4) is 0 Å². The van der Waals surface area contributed by atoms with E-state index in [2.05, 4.69) is 68.4 Å². The maximum atomic E-state index is 15.0. The van der Waals surface area contributed by atoms with Crippen molar-refractivity contribution in [1.82, 2.24) is 26.6 Å². The summed E-state index contributed by atoms with van der Waals surface area (Å²) < 4.78 is 16.3. The fourth-order valence-corrected chi connectivity index (χ4v) is 13.0. The number of fused-ring (bicyclic) bond motifs is 7. The molecule has 0 saturated carbocycles. The van der Waals surface area contributed by atoms with Crippen LogP contribution in [0.2, 0.25) is 0 Å². The van der Waals surface area contributed by atoms with Gasteiger partial charge in [0.25, 0.3) is 0 Å². The molecule has 422 valence electrons. The zero-order chi connectivity index (χ0) is 57.9. The van der Waals surface area contributed by atoms with E-state index in [1.165, 1.54) is 30.3 Å². The van der Waals surface area contributed by atoms with Crippen molar-refractivity contribution in [2.24, 2.45) is 0 Å². The zero-order valence-electron chi connectivity index (χ0n) is 46.1. The van der Waals surface area contributed by atoms with Crippen molar-refractivity contribution in [3.63, 3.8) is 0 Å². The fraction of sp³-hybridized carbons (Fsp3) is 0.224. The number of esters is 1. The van der Waals surface area contributed by atoms with Gasteiger partial charge in [-0.15, -0.1) is 34.0 Å². The molecule has 13 nitrogen and oxygen atoms in total. The van der Waals surface area contributed by atoms with Crippen molar-refractivity contribution in [1.29, 1.82) is 0 Å². The van der Waals surface area contributed by atoms with Crippen molar-refractivity contribution in [3.05, 3.63) is 226 Å². The molecule has 0 spiro atoms. The Morgan fingerprint density at radius 2 is 0.771 bits per heavy atom. The Labute approximate surface area is 493 Å². The maximum absolute atomic E-state index is 15.0. The lowest BCUT2D eigenvalue weighted by Crippen LogP contribution is -2.60. The summed E-state index contributed by atoms with van der Waals surface area (Å²) in [5.41, 5.74) is 2.84. The third kappa shape index (κ3) is 15.1. The summed E-state index contributed by atoms with van der Waals surface area (Å²) in [5, 5.41) is 21.3. The van der Waals surface area contributed by atoms with Gasteiger partial charge in [-0.2, -0.15) is 0 Å². The molecule has 3 aromatic heterocycles. The largest absolute Gasteiger partial charge is 0.458 e. The van der Waals surface area contributed by atoms with Gasteiger partial charge >= 0.3 is 12.1 Å². The Bertz CT molecular complexity index is 3880. The Balaban J connectivity index is 0.903. The first kappa shape index (κ1) is 57.5. The van der Waals surface area contributed by atoms with E-state index >= 15 is 4.79 Å². The number of rotatable bonds is 22. The van der Waals surface area contributed by atoms with Crippen LogP contribution in [0.3, 0.4) is 0 Å². The number of ether oxygens (including phenoxy) is 2. The summed E-state index contributed by atoms with van der Waals surface area (Å²) in [6.45, 7) is 5.13. The molecule has 5 unspecified atom stereocenters. The summed E-state index contributed by atoms with van der Waals surface area (Å²) in [5.74, 6) is -3.32. The van der Waals surface area contributed by atoms with Crippen molar-refractivity contribution < 1.29 is 38.2 Å². The van der Waals surface area contributed by atoms with E-state index < -0.39 is 71.5 Å². The van der Waals surface area contributed by atoms with Crippen LogP contribution in [0, 0.1) is 0 Å². The van der Waals surface area contributed by atoms with Crippen LogP contribution in [-0.4, -0.2) is 71.5 Å². The Morgan fingerprint density at radius 1 is 0.410 bits per heavy atom. The Morgan fingerprint density at radius 3 is 1.19 bits per heavy atom. The average Bonchev–Trinajstić information content (AvgIpc) is 1.99. The lowest BCUT2D eigenvalue weighted by Gasteiger charge is -2.28. The molecule has 10 rings (SSSR count). The van der Waals surface area contributed by atoms with E-state index in [-0.39, 0.29) is 38.7 Å². The van der Waals surface area contributed by atoms with Gasteiger partial charge in [-0.3, -0.25) is 19.2 Å². The number of thiophene rings is 3. The Kier molecular flexibility index (Phi) is 18.4. The van der Waals surface area contributed by atoms with Crippen LogP contribution in [0.5, 0.6) is 0 Å². The predicted molar refractivity (Wildman–Crippen MR) is 332 cm³/mol. The minimum absolute atomic E-state index is 0.00802. The normalized spacial score (nSPS) is 13.3. The molecular formula is C67H63N5O8S3. The molecule has 5 N–H and O–H groups in total. The van der Waals surface area contributed by atoms with E-state index in [0.29, 0.717) is 5.56 Å². The topological polar surface area (TPSA) is 181 Å². The molecule has 5 atom stereocenters. The van der Waals surface area contributed by atoms with Gasteiger partial charge in [0.05, 0.1) is 0 Å². The van der Waals surface area contributed by atoms with E-state index in [1.807, 2.05) is 152 Å². The van der Waals surface area contributed by atoms with Crippen LogP contribution in [0.25, 0.3) is 40.3 Å². The number of carbonyl (C=O) groups is 6. The van der Waals surface area contributed by atoms with E-state index in [1.54, 1.807) is 54.8 Å². The minimum atomic E-state index is -1.28. The molecule has 3 heterocycles. The predicted octanol–water partition coefficient (Wildman–Crippen LogP) is 11.6. The van der Waals surface area contributed by atoms with Gasteiger partial charge < -0.3 is 36.1 Å². The molecule has 0 radical (unpaired) electrons. The van der Waals surface area contributed by atoms with Gasteiger partial charge in [0.1, 0.15) is 42.4 Å². The van der Waals surface area contributed by atoms with Gasteiger partial charge in [-0.25, -0.2) is 9.59 Å². The van der Waals surface area contributed by atoms with Crippen LogP contribution in [0.1, 0.15) is 53.5 Å². The highest BCUT2D eigenvalue weighted by atomic mass is 32.1. The standard InChI is InChI=1S/C67H63N5O8S3/c1-67(2,3)80-66(78)72-53(38-45-25-15-7-16-26-45)64(76)70-51(36-43-21-11-5-12-22-43)62(74)68-50(35-42-19-9-4-10-20-42)61(73)69-52(37-44-23-13-6-14-24-44)63(75)71-54(39-46-27-17-8-18-28-46)65(77)79-41-47-40-49-56(82-47)30-32-58-60(49)59-48-33-34-81-55(48)29-31-57(59)83-58/h4-34,40,50-54H,35-39,41H2,1-3H3,(H,68,74)(H,69,73)(H,70,76)(H,71,75)(H,72,78). The lowest BCUT2D eigenvalue weighted by molar-refractivity contribution is -0.149. The highest BCUT2D eigenvalue weighted by molar-refractivity contribution is 7.27.